The Morgan fingerprint density at radius 1 is 1.29 bits per heavy atom. The van der Waals surface area contributed by atoms with Crippen molar-refractivity contribution in [2.45, 2.75) is 6.54 Å². The molecule has 0 aliphatic heterocycles. The number of aromatic nitrogens is 1. The molecule has 3 heteroatoms. The van der Waals surface area contributed by atoms with Crippen molar-refractivity contribution < 1.29 is 0 Å². The third-order valence-corrected chi connectivity index (χ3v) is 2.56. The molecule has 0 radical (unpaired) electrons. The Kier molecular flexibility index (Phi) is 3.37. The number of rotatable bonds is 3. The molecule has 2 rings (SSSR count). The van der Waals surface area contributed by atoms with Gasteiger partial charge in [-0.25, -0.2) is 0 Å². The highest BCUT2D eigenvalue weighted by atomic mass is 15.1. The van der Waals surface area contributed by atoms with Crippen LogP contribution in [0.3, 0.4) is 0 Å². The van der Waals surface area contributed by atoms with E-state index in [9.17, 15) is 0 Å². The molecule has 0 saturated heterocycles. The fourth-order valence-corrected chi connectivity index (χ4v) is 1.67. The lowest BCUT2D eigenvalue weighted by Gasteiger charge is -2.19. The van der Waals surface area contributed by atoms with Crippen LogP contribution in [-0.4, -0.2) is 12.0 Å². The molecule has 0 unspecified atom stereocenters. The quantitative estimate of drug-likeness (QED) is 0.803. The van der Waals surface area contributed by atoms with Gasteiger partial charge in [-0.15, -0.1) is 0 Å². The van der Waals surface area contributed by atoms with Crippen molar-refractivity contribution in [2.24, 2.45) is 0 Å². The molecule has 1 heterocycles. The molecule has 0 spiro atoms. The monoisotopic (exact) mass is 223 g/mol. The fraction of sp³-hybridized carbons (Fsp3) is 0.143. The zero-order chi connectivity index (χ0) is 12.1. The van der Waals surface area contributed by atoms with Crippen LogP contribution in [0.2, 0.25) is 0 Å². The standard InChI is InChI=1S/C14H13N3/c1-17(11-13-5-3-7-16-10-13)14-6-2-4-12(8-14)9-15/h2-8,10H,11H2,1H3. The number of nitrogens with zero attached hydrogens (tertiary/aromatic N) is 3. The summed E-state index contributed by atoms with van der Waals surface area (Å²) in [6.07, 6.45) is 3.62. The average Bonchev–Trinajstić information content (AvgIpc) is 2.40. The van der Waals surface area contributed by atoms with Crippen LogP contribution < -0.4 is 4.90 Å². The SMILES string of the molecule is CN(Cc1cccnc1)c1cccc(C#N)c1. The van der Waals surface area contributed by atoms with E-state index in [2.05, 4.69) is 16.0 Å². The molecular formula is C14H13N3. The number of nitriles is 1. The summed E-state index contributed by atoms with van der Waals surface area (Å²) in [7, 11) is 2.00. The van der Waals surface area contributed by atoms with Crippen molar-refractivity contribution in [2.75, 3.05) is 11.9 Å². The van der Waals surface area contributed by atoms with Gasteiger partial charge in [0.2, 0.25) is 0 Å². The van der Waals surface area contributed by atoms with E-state index in [0.29, 0.717) is 5.56 Å². The van der Waals surface area contributed by atoms with Crippen LogP contribution >= 0.6 is 0 Å². The summed E-state index contributed by atoms with van der Waals surface area (Å²) in [6, 6.07) is 13.7. The van der Waals surface area contributed by atoms with Gasteiger partial charge in [0.05, 0.1) is 11.6 Å². The average molecular weight is 223 g/mol. The summed E-state index contributed by atoms with van der Waals surface area (Å²) in [6.45, 7) is 0.780. The van der Waals surface area contributed by atoms with Crippen molar-refractivity contribution in [1.29, 1.82) is 5.26 Å². The largest absolute Gasteiger partial charge is 0.370 e. The van der Waals surface area contributed by atoms with Crippen molar-refractivity contribution in [3.8, 4) is 6.07 Å². The minimum atomic E-state index is 0.681. The molecule has 0 bridgehead atoms. The Morgan fingerprint density at radius 3 is 2.88 bits per heavy atom. The van der Waals surface area contributed by atoms with Crippen LogP contribution in [0.25, 0.3) is 0 Å². The molecule has 1 aromatic carbocycles. The van der Waals surface area contributed by atoms with E-state index in [-0.39, 0.29) is 0 Å². The zero-order valence-corrected chi connectivity index (χ0v) is 9.67. The number of hydrogen-bond acceptors (Lipinski definition) is 3. The van der Waals surface area contributed by atoms with E-state index in [0.717, 1.165) is 17.8 Å². The van der Waals surface area contributed by atoms with Gasteiger partial charge in [0.1, 0.15) is 0 Å². The molecule has 0 aliphatic rings. The first-order chi connectivity index (χ1) is 8.29. The predicted molar refractivity (Wildman–Crippen MR) is 67.5 cm³/mol. The van der Waals surface area contributed by atoms with Crippen LogP contribution in [0.4, 0.5) is 5.69 Å². The molecule has 0 aliphatic carbocycles. The zero-order valence-electron chi connectivity index (χ0n) is 9.67. The topological polar surface area (TPSA) is 39.9 Å². The van der Waals surface area contributed by atoms with Gasteiger partial charge in [0.25, 0.3) is 0 Å². The second kappa shape index (κ2) is 5.13. The number of anilines is 1. The maximum Gasteiger partial charge on any atom is 0.0992 e. The van der Waals surface area contributed by atoms with E-state index < -0.39 is 0 Å². The number of hydrogen-bond donors (Lipinski definition) is 0. The summed E-state index contributed by atoms with van der Waals surface area (Å²) in [4.78, 5) is 6.18. The summed E-state index contributed by atoms with van der Waals surface area (Å²) >= 11 is 0. The van der Waals surface area contributed by atoms with Crippen molar-refractivity contribution in [1.82, 2.24) is 4.98 Å². The fourth-order valence-electron chi connectivity index (χ4n) is 1.67. The van der Waals surface area contributed by atoms with Gasteiger partial charge >= 0.3 is 0 Å². The molecule has 0 amide bonds. The Hall–Kier alpha value is -2.34. The highest BCUT2D eigenvalue weighted by Crippen LogP contribution is 2.16. The van der Waals surface area contributed by atoms with E-state index in [1.54, 1.807) is 12.3 Å². The smallest absolute Gasteiger partial charge is 0.0992 e. The number of pyridine rings is 1. The minimum Gasteiger partial charge on any atom is -0.370 e. The second-order valence-corrected chi connectivity index (χ2v) is 3.88. The van der Waals surface area contributed by atoms with Crippen molar-refractivity contribution >= 4 is 5.69 Å². The Balaban J connectivity index is 2.15. The third kappa shape index (κ3) is 2.82. The van der Waals surface area contributed by atoms with E-state index in [4.69, 9.17) is 5.26 Å². The van der Waals surface area contributed by atoms with Gasteiger partial charge in [0, 0.05) is 31.7 Å². The van der Waals surface area contributed by atoms with Crippen molar-refractivity contribution in [3.63, 3.8) is 0 Å². The van der Waals surface area contributed by atoms with Crippen LogP contribution in [0.5, 0.6) is 0 Å². The maximum atomic E-state index is 8.86. The third-order valence-electron chi connectivity index (χ3n) is 2.56. The van der Waals surface area contributed by atoms with Crippen LogP contribution in [-0.2, 0) is 6.54 Å². The van der Waals surface area contributed by atoms with Gasteiger partial charge in [-0.2, -0.15) is 5.26 Å². The highest BCUT2D eigenvalue weighted by Gasteiger charge is 2.02. The van der Waals surface area contributed by atoms with E-state index in [1.165, 1.54) is 0 Å². The van der Waals surface area contributed by atoms with Crippen LogP contribution in [0, 0.1) is 11.3 Å². The summed E-state index contributed by atoms with van der Waals surface area (Å²) in [5, 5.41) is 8.86. The highest BCUT2D eigenvalue weighted by molar-refractivity contribution is 5.51. The predicted octanol–water partition coefficient (Wildman–Crippen LogP) is 2.59. The summed E-state index contributed by atoms with van der Waals surface area (Å²) < 4.78 is 0. The van der Waals surface area contributed by atoms with Crippen molar-refractivity contribution in [3.05, 3.63) is 59.9 Å². The molecule has 0 atom stereocenters. The Bertz CT molecular complexity index is 529. The lowest BCUT2D eigenvalue weighted by Crippen LogP contribution is -2.16. The molecule has 2 aromatic rings. The summed E-state index contributed by atoms with van der Waals surface area (Å²) in [5.74, 6) is 0. The van der Waals surface area contributed by atoms with E-state index >= 15 is 0 Å². The lowest BCUT2D eigenvalue weighted by atomic mass is 10.2. The molecule has 1 aromatic heterocycles. The van der Waals surface area contributed by atoms with Gasteiger partial charge in [-0.05, 0) is 29.8 Å². The molecule has 17 heavy (non-hydrogen) atoms. The number of benzene rings is 1. The molecule has 0 saturated carbocycles. The maximum absolute atomic E-state index is 8.86. The molecule has 84 valence electrons. The Labute approximate surface area is 101 Å². The van der Waals surface area contributed by atoms with Gasteiger partial charge in [-0.1, -0.05) is 12.1 Å². The first-order valence-electron chi connectivity index (χ1n) is 5.40. The molecule has 0 N–H and O–H groups in total. The Morgan fingerprint density at radius 2 is 2.18 bits per heavy atom. The normalized spacial score (nSPS) is 9.65. The second-order valence-electron chi connectivity index (χ2n) is 3.88. The van der Waals surface area contributed by atoms with Crippen LogP contribution in [0.1, 0.15) is 11.1 Å². The van der Waals surface area contributed by atoms with Gasteiger partial charge in [0.15, 0.2) is 0 Å². The first kappa shape index (κ1) is 11.2. The molecule has 3 nitrogen and oxygen atoms in total. The molecule has 0 fully saturated rings. The van der Waals surface area contributed by atoms with Gasteiger partial charge < -0.3 is 4.90 Å². The summed E-state index contributed by atoms with van der Waals surface area (Å²) in [5.41, 5.74) is 2.87. The van der Waals surface area contributed by atoms with Gasteiger partial charge in [-0.3, -0.25) is 4.98 Å². The first-order valence-corrected chi connectivity index (χ1v) is 5.40. The van der Waals surface area contributed by atoms with Crippen LogP contribution in [0.15, 0.2) is 48.8 Å². The van der Waals surface area contributed by atoms with E-state index in [1.807, 2.05) is 43.6 Å². The lowest BCUT2D eigenvalue weighted by molar-refractivity contribution is 0.915. The minimum absolute atomic E-state index is 0.681. The molecular weight excluding hydrogens is 210 g/mol.